The van der Waals surface area contributed by atoms with Crippen LogP contribution in [0, 0.1) is 0 Å². The zero-order chi connectivity index (χ0) is 20.3. The van der Waals surface area contributed by atoms with Crippen molar-refractivity contribution in [3.05, 3.63) is 41.7 Å². The van der Waals surface area contributed by atoms with Crippen LogP contribution < -0.4 is 4.90 Å². The second-order valence-corrected chi connectivity index (χ2v) is 8.49. The van der Waals surface area contributed by atoms with Gasteiger partial charge in [-0.15, -0.1) is 12.4 Å². The Morgan fingerprint density at radius 3 is 2.62 bits per heavy atom. The number of benzene rings is 1. The van der Waals surface area contributed by atoms with Crippen LogP contribution in [0.4, 0.5) is 5.13 Å². The first-order valence-electron chi connectivity index (χ1n) is 9.81. The lowest BCUT2D eigenvalue weighted by Crippen LogP contribution is -2.35. The summed E-state index contributed by atoms with van der Waals surface area (Å²) in [5.41, 5.74) is 2.83. The van der Waals surface area contributed by atoms with Crippen molar-refractivity contribution in [2.45, 2.75) is 39.7 Å². The predicted molar refractivity (Wildman–Crippen MR) is 124 cm³/mol. The Balaban J connectivity index is 0.00000300. The number of aromatic nitrogens is 3. The molecule has 0 bridgehead atoms. The Morgan fingerprint density at radius 1 is 1.21 bits per heavy atom. The molecule has 1 aromatic carbocycles. The molecule has 0 atom stereocenters. The van der Waals surface area contributed by atoms with Gasteiger partial charge in [-0.05, 0) is 65.0 Å². The van der Waals surface area contributed by atoms with Crippen molar-refractivity contribution in [2.75, 3.05) is 32.1 Å². The van der Waals surface area contributed by atoms with Crippen LogP contribution in [0.1, 0.15) is 49.3 Å². The van der Waals surface area contributed by atoms with E-state index in [1.165, 1.54) is 5.56 Å². The summed E-state index contributed by atoms with van der Waals surface area (Å²) in [6.07, 6.45) is 3.50. The van der Waals surface area contributed by atoms with Crippen LogP contribution in [0.2, 0.25) is 0 Å². The SMILES string of the molecule is CCc1cccc2sc(N(CCCN(C)C)C(=O)c3ccnn3C(C)C)nc12.Cl. The van der Waals surface area contributed by atoms with Gasteiger partial charge in [-0.25, -0.2) is 4.98 Å². The third-order valence-corrected chi connectivity index (χ3v) is 5.76. The number of rotatable bonds is 8. The fraction of sp³-hybridized carbons (Fsp3) is 0.476. The molecular formula is C21H30ClN5OS. The zero-order valence-electron chi connectivity index (χ0n) is 17.8. The van der Waals surface area contributed by atoms with Gasteiger partial charge in [-0.2, -0.15) is 5.10 Å². The molecule has 0 saturated carbocycles. The number of amides is 1. The van der Waals surface area contributed by atoms with Crippen molar-refractivity contribution in [1.29, 1.82) is 0 Å². The zero-order valence-corrected chi connectivity index (χ0v) is 19.4. The van der Waals surface area contributed by atoms with Gasteiger partial charge >= 0.3 is 0 Å². The molecule has 0 N–H and O–H groups in total. The van der Waals surface area contributed by atoms with Gasteiger partial charge in [0.05, 0.1) is 10.2 Å². The van der Waals surface area contributed by atoms with Crippen LogP contribution >= 0.6 is 23.7 Å². The summed E-state index contributed by atoms with van der Waals surface area (Å²) in [5, 5.41) is 5.10. The van der Waals surface area contributed by atoms with E-state index in [0.717, 1.165) is 34.7 Å². The van der Waals surface area contributed by atoms with Crippen molar-refractivity contribution in [1.82, 2.24) is 19.7 Å². The smallest absolute Gasteiger partial charge is 0.278 e. The standard InChI is InChI=1S/C21H29N5OS.ClH/c1-6-16-9-7-10-18-19(16)23-21(28-18)25(14-8-13-24(4)5)20(27)17-11-12-22-26(17)15(2)3;/h7,9-12,15H,6,8,13-14H2,1-5H3;1H. The number of nitrogens with zero attached hydrogens (tertiary/aromatic N) is 5. The molecule has 0 aliphatic carbocycles. The number of fused-ring (bicyclic) bond motifs is 1. The molecule has 0 unspecified atom stereocenters. The van der Waals surface area contributed by atoms with Gasteiger partial charge < -0.3 is 4.90 Å². The summed E-state index contributed by atoms with van der Waals surface area (Å²) in [6, 6.07) is 8.18. The first-order chi connectivity index (χ1) is 13.4. The number of aryl methyl sites for hydroxylation is 1. The fourth-order valence-electron chi connectivity index (χ4n) is 3.26. The highest BCUT2D eigenvalue weighted by Gasteiger charge is 2.25. The highest BCUT2D eigenvalue weighted by molar-refractivity contribution is 7.22. The molecule has 8 heteroatoms. The Kier molecular flexibility index (Phi) is 8.19. The van der Waals surface area contributed by atoms with Gasteiger partial charge in [0, 0.05) is 18.8 Å². The van der Waals surface area contributed by atoms with Crippen molar-refractivity contribution >= 4 is 45.0 Å². The molecule has 2 aromatic heterocycles. The third kappa shape index (κ3) is 5.15. The molecule has 0 aliphatic heterocycles. The summed E-state index contributed by atoms with van der Waals surface area (Å²) in [6.45, 7) is 7.74. The van der Waals surface area contributed by atoms with E-state index < -0.39 is 0 Å². The molecule has 0 radical (unpaired) electrons. The Labute approximate surface area is 182 Å². The second-order valence-electron chi connectivity index (χ2n) is 7.48. The van der Waals surface area contributed by atoms with Crippen molar-refractivity contribution < 1.29 is 4.79 Å². The minimum atomic E-state index is -0.0398. The van der Waals surface area contributed by atoms with Gasteiger partial charge in [-0.1, -0.05) is 30.4 Å². The number of halogens is 1. The van der Waals surface area contributed by atoms with Gasteiger partial charge in [0.1, 0.15) is 5.69 Å². The van der Waals surface area contributed by atoms with Crippen molar-refractivity contribution in [2.24, 2.45) is 0 Å². The normalized spacial score (nSPS) is 11.3. The lowest BCUT2D eigenvalue weighted by Gasteiger charge is -2.22. The monoisotopic (exact) mass is 435 g/mol. The van der Waals surface area contributed by atoms with E-state index in [1.54, 1.807) is 28.3 Å². The van der Waals surface area contributed by atoms with E-state index in [2.05, 4.69) is 35.1 Å². The number of anilines is 1. The predicted octanol–water partition coefficient (Wildman–Crippen LogP) is 4.66. The van der Waals surface area contributed by atoms with Crippen molar-refractivity contribution in [3.8, 4) is 0 Å². The molecule has 0 aliphatic rings. The van der Waals surface area contributed by atoms with Crippen LogP contribution in [0.15, 0.2) is 30.5 Å². The lowest BCUT2D eigenvalue weighted by molar-refractivity contribution is 0.0974. The average molecular weight is 436 g/mol. The van der Waals surface area contributed by atoms with Crippen LogP contribution in [-0.4, -0.2) is 52.8 Å². The Morgan fingerprint density at radius 2 is 1.97 bits per heavy atom. The number of para-hydroxylation sites is 1. The first kappa shape index (κ1) is 23.3. The topological polar surface area (TPSA) is 54.3 Å². The summed E-state index contributed by atoms with van der Waals surface area (Å²) >= 11 is 1.58. The van der Waals surface area contributed by atoms with E-state index in [0.29, 0.717) is 12.2 Å². The van der Waals surface area contributed by atoms with Gasteiger partial charge in [0.15, 0.2) is 5.13 Å². The molecule has 0 spiro atoms. The second kappa shape index (κ2) is 10.2. The lowest BCUT2D eigenvalue weighted by atomic mass is 10.1. The number of thiazole rings is 1. The van der Waals surface area contributed by atoms with E-state index >= 15 is 0 Å². The number of carbonyl (C=O) groups excluding carboxylic acids is 1. The number of hydrogen-bond donors (Lipinski definition) is 0. The maximum Gasteiger partial charge on any atom is 0.278 e. The summed E-state index contributed by atoms with van der Waals surface area (Å²) < 4.78 is 2.91. The molecule has 3 rings (SSSR count). The highest BCUT2D eigenvalue weighted by atomic mass is 35.5. The van der Waals surface area contributed by atoms with E-state index in [-0.39, 0.29) is 24.4 Å². The summed E-state index contributed by atoms with van der Waals surface area (Å²) in [5.74, 6) is -0.0398. The van der Waals surface area contributed by atoms with Crippen LogP contribution in [0.3, 0.4) is 0 Å². The third-order valence-electron chi connectivity index (χ3n) is 4.71. The van der Waals surface area contributed by atoms with Crippen LogP contribution in [0.25, 0.3) is 10.2 Å². The van der Waals surface area contributed by atoms with Gasteiger partial charge in [0.25, 0.3) is 5.91 Å². The molecule has 3 aromatic rings. The summed E-state index contributed by atoms with van der Waals surface area (Å²) in [7, 11) is 4.09. The fourth-order valence-corrected chi connectivity index (χ4v) is 4.30. The van der Waals surface area contributed by atoms with Crippen LogP contribution in [-0.2, 0) is 6.42 Å². The first-order valence-corrected chi connectivity index (χ1v) is 10.6. The molecule has 0 saturated heterocycles. The molecule has 158 valence electrons. The molecule has 1 amide bonds. The highest BCUT2D eigenvalue weighted by Crippen LogP contribution is 2.32. The van der Waals surface area contributed by atoms with Gasteiger partial charge in [-0.3, -0.25) is 14.4 Å². The quantitative estimate of drug-likeness (QED) is 0.516. The molecular weight excluding hydrogens is 406 g/mol. The maximum absolute atomic E-state index is 13.5. The molecule has 29 heavy (non-hydrogen) atoms. The Hall–Kier alpha value is -1.96. The average Bonchev–Trinajstić information content (AvgIpc) is 3.30. The van der Waals surface area contributed by atoms with Crippen LogP contribution in [0.5, 0.6) is 0 Å². The number of carbonyl (C=O) groups is 1. The molecule has 6 nitrogen and oxygen atoms in total. The Bertz CT molecular complexity index is 950. The summed E-state index contributed by atoms with van der Waals surface area (Å²) in [4.78, 5) is 22.3. The molecule has 0 fully saturated rings. The number of hydrogen-bond acceptors (Lipinski definition) is 5. The molecule has 2 heterocycles. The largest absolute Gasteiger partial charge is 0.309 e. The van der Waals surface area contributed by atoms with E-state index in [9.17, 15) is 4.79 Å². The van der Waals surface area contributed by atoms with E-state index in [1.807, 2.05) is 32.8 Å². The minimum Gasteiger partial charge on any atom is -0.309 e. The van der Waals surface area contributed by atoms with Gasteiger partial charge in [0.2, 0.25) is 0 Å². The minimum absolute atomic E-state index is 0. The van der Waals surface area contributed by atoms with Crippen molar-refractivity contribution in [3.63, 3.8) is 0 Å². The van der Waals surface area contributed by atoms with E-state index in [4.69, 9.17) is 4.98 Å². The maximum atomic E-state index is 13.5.